The number of nitrogens with one attached hydrogen (secondary N) is 1. The van der Waals surface area contributed by atoms with Crippen LogP contribution >= 0.6 is 39.1 Å². The second-order valence-electron chi connectivity index (χ2n) is 5.34. The molecule has 3 aromatic rings. The highest BCUT2D eigenvalue weighted by Crippen LogP contribution is 2.23. The molecule has 130 valence electrons. The Kier molecular flexibility index (Phi) is 5.12. The second kappa shape index (κ2) is 7.15. The molecule has 0 atom stereocenters. The van der Waals surface area contributed by atoms with Gasteiger partial charge in [-0.2, -0.15) is 5.10 Å². The standard InChI is InChI=1S/C15H13BrCl2N6O/c1-8-12(16)13(23(2)21-8)14(25)20-15-19-7-24(22-15)6-9-3-4-10(17)11(18)5-9/h3-5,7H,6H2,1-2H3,(H,20,22,25). The zero-order chi connectivity index (χ0) is 18.1. The third kappa shape index (κ3) is 3.86. The van der Waals surface area contributed by atoms with Crippen LogP contribution in [-0.2, 0) is 13.6 Å². The number of amides is 1. The van der Waals surface area contributed by atoms with Gasteiger partial charge in [0.05, 0.1) is 26.8 Å². The van der Waals surface area contributed by atoms with E-state index in [1.807, 2.05) is 13.0 Å². The molecule has 0 bridgehead atoms. The van der Waals surface area contributed by atoms with Crippen LogP contribution in [0.25, 0.3) is 0 Å². The van der Waals surface area contributed by atoms with Crippen LogP contribution in [0.5, 0.6) is 0 Å². The van der Waals surface area contributed by atoms with E-state index in [1.54, 1.807) is 23.9 Å². The first-order chi connectivity index (χ1) is 11.8. The number of carbonyl (C=O) groups is 1. The lowest BCUT2D eigenvalue weighted by Crippen LogP contribution is -2.17. The zero-order valence-corrected chi connectivity index (χ0v) is 16.4. The number of aromatic nitrogens is 5. The Morgan fingerprint density at radius 1 is 1.28 bits per heavy atom. The van der Waals surface area contributed by atoms with Gasteiger partial charge < -0.3 is 0 Å². The normalized spacial score (nSPS) is 10.9. The monoisotopic (exact) mass is 442 g/mol. The van der Waals surface area contributed by atoms with Crippen molar-refractivity contribution in [2.75, 3.05) is 5.32 Å². The van der Waals surface area contributed by atoms with E-state index in [9.17, 15) is 4.79 Å². The quantitative estimate of drug-likeness (QED) is 0.666. The Morgan fingerprint density at radius 2 is 2.04 bits per heavy atom. The molecule has 0 fully saturated rings. The molecule has 3 rings (SSSR count). The highest BCUT2D eigenvalue weighted by atomic mass is 79.9. The summed E-state index contributed by atoms with van der Waals surface area (Å²) in [4.78, 5) is 16.5. The lowest BCUT2D eigenvalue weighted by Gasteiger charge is -2.04. The molecule has 0 radical (unpaired) electrons. The molecule has 0 saturated heterocycles. The number of anilines is 1. The van der Waals surface area contributed by atoms with Gasteiger partial charge in [0.2, 0.25) is 5.95 Å². The molecule has 0 spiro atoms. The third-order valence-corrected chi connectivity index (χ3v) is 5.14. The molecule has 0 aliphatic rings. The highest BCUT2D eigenvalue weighted by Gasteiger charge is 2.19. The van der Waals surface area contributed by atoms with Gasteiger partial charge in [-0.3, -0.25) is 14.8 Å². The van der Waals surface area contributed by atoms with E-state index in [1.165, 1.54) is 11.0 Å². The molecule has 0 unspecified atom stereocenters. The van der Waals surface area contributed by atoms with E-state index >= 15 is 0 Å². The van der Waals surface area contributed by atoms with E-state index < -0.39 is 0 Å². The van der Waals surface area contributed by atoms with Crippen LogP contribution in [0.4, 0.5) is 5.95 Å². The fourth-order valence-corrected chi connectivity index (χ4v) is 3.13. The first kappa shape index (κ1) is 17.9. The molecular weight excluding hydrogens is 431 g/mol. The van der Waals surface area contributed by atoms with Crippen molar-refractivity contribution >= 4 is 51.0 Å². The maximum atomic E-state index is 12.4. The number of nitrogens with zero attached hydrogens (tertiary/aromatic N) is 5. The molecule has 0 saturated carbocycles. The largest absolute Gasteiger partial charge is 0.288 e. The molecule has 7 nitrogen and oxygen atoms in total. The molecule has 1 amide bonds. The SMILES string of the molecule is Cc1nn(C)c(C(=O)Nc2ncn(Cc3ccc(Cl)c(Cl)c3)n2)c1Br. The summed E-state index contributed by atoms with van der Waals surface area (Å²) >= 11 is 15.3. The van der Waals surface area contributed by atoms with Crippen molar-refractivity contribution in [3.05, 3.63) is 56.0 Å². The summed E-state index contributed by atoms with van der Waals surface area (Å²) in [5.74, 6) is -0.141. The van der Waals surface area contributed by atoms with Crippen LogP contribution in [0.15, 0.2) is 29.0 Å². The fourth-order valence-electron chi connectivity index (χ4n) is 2.29. The Hall–Kier alpha value is -1.90. The number of carbonyl (C=O) groups excluding carboxylic acids is 1. The number of hydrogen-bond donors (Lipinski definition) is 1. The zero-order valence-electron chi connectivity index (χ0n) is 13.3. The van der Waals surface area contributed by atoms with E-state index in [0.717, 1.165) is 11.3 Å². The van der Waals surface area contributed by atoms with Crippen LogP contribution in [0, 0.1) is 6.92 Å². The number of rotatable bonds is 4. The summed E-state index contributed by atoms with van der Waals surface area (Å²) < 4.78 is 3.74. The van der Waals surface area contributed by atoms with Crippen LogP contribution in [-0.4, -0.2) is 30.5 Å². The first-order valence-electron chi connectivity index (χ1n) is 7.19. The van der Waals surface area contributed by atoms with E-state index in [4.69, 9.17) is 23.2 Å². The van der Waals surface area contributed by atoms with Gasteiger partial charge in [0.15, 0.2) is 0 Å². The molecule has 2 heterocycles. The lowest BCUT2D eigenvalue weighted by molar-refractivity contribution is 0.101. The van der Waals surface area contributed by atoms with Gasteiger partial charge in [-0.15, -0.1) is 5.10 Å². The van der Waals surface area contributed by atoms with Crippen molar-refractivity contribution < 1.29 is 4.79 Å². The van der Waals surface area contributed by atoms with Crippen LogP contribution in [0.1, 0.15) is 21.7 Å². The van der Waals surface area contributed by atoms with Crippen LogP contribution in [0.2, 0.25) is 10.0 Å². The van der Waals surface area contributed by atoms with Crippen molar-refractivity contribution in [2.24, 2.45) is 7.05 Å². The Balaban J connectivity index is 1.73. The number of halogens is 3. The first-order valence-corrected chi connectivity index (χ1v) is 8.74. The van der Waals surface area contributed by atoms with Gasteiger partial charge in [-0.05, 0) is 40.5 Å². The molecule has 25 heavy (non-hydrogen) atoms. The summed E-state index contributed by atoms with van der Waals surface area (Å²) in [7, 11) is 1.70. The molecule has 0 aliphatic carbocycles. The Labute approximate surface area is 162 Å². The highest BCUT2D eigenvalue weighted by molar-refractivity contribution is 9.10. The number of aryl methyl sites for hydroxylation is 2. The molecule has 2 aromatic heterocycles. The molecular formula is C15H13BrCl2N6O. The van der Waals surface area contributed by atoms with Crippen molar-refractivity contribution in [2.45, 2.75) is 13.5 Å². The van der Waals surface area contributed by atoms with E-state index in [2.05, 4.69) is 36.4 Å². The smallest absolute Gasteiger partial charge is 0.277 e. The van der Waals surface area contributed by atoms with Crippen molar-refractivity contribution in [1.29, 1.82) is 0 Å². The second-order valence-corrected chi connectivity index (χ2v) is 6.95. The fraction of sp³-hybridized carbons (Fsp3) is 0.200. The van der Waals surface area contributed by atoms with Crippen LogP contribution in [0.3, 0.4) is 0 Å². The van der Waals surface area contributed by atoms with E-state index in [0.29, 0.717) is 26.8 Å². The van der Waals surface area contributed by atoms with Crippen molar-refractivity contribution in [3.8, 4) is 0 Å². The van der Waals surface area contributed by atoms with Crippen molar-refractivity contribution in [1.82, 2.24) is 24.5 Å². The van der Waals surface area contributed by atoms with E-state index in [-0.39, 0.29) is 11.9 Å². The summed E-state index contributed by atoms with van der Waals surface area (Å²) in [5.41, 5.74) is 2.05. The van der Waals surface area contributed by atoms with Gasteiger partial charge in [0.25, 0.3) is 5.91 Å². The summed E-state index contributed by atoms with van der Waals surface area (Å²) in [6.07, 6.45) is 1.53. The lowest BCUT2D eigenvalue weighted by atomic mass is 10.2. The maximum absolute atomic E-state index is 12.4. The minimum Gasteiger partial charge on any atom is -0.288 e. The van der Waals surface area contributed by atoms with Gasteiger partial charge in [-0.25, -0.2) is 9.67 Å². The summed E-state index contributed by atoms with van der Waals surface area (Å²) in [5, 5.41) is 12.1. The minimum atomic E-state index is -0.345. The topological polar surface area (TPSA) is 77.6 Å². The molecule has 0 aliphatic heterocycles. The minimum absolute atomic E-state index is 0.204. The molecule has 1 aromatic carbocycles. The third-order valence-electron chi connectivity index (χ3n) is 3.45. The Morgan fingerprint density at radius 3 is 2.68 bits per heavy atom. The number of hydrogen-bond acceptors (Lipinski definition) is 4. The van der Waals surface area contributed by atoms with Gasteiger partial charge in [0, 0.05) is 7.05 Å². The maximum Gasteiger partial charge on any atom is 0.277 e. The van der Waals surface area contributed by atoms with Gasteiger partial charge >= 0.3 is 0 Å². The Bertz CT molecular complexity index is 952. The predicted molar refractivity (Wildman–Crippen MR) is 99.2 cm³/mol. The average Bonchev–Trinajstić information content (AvgIpc) is 3.07. The molecule has 10 heteroatoms. The number of benzene rings is 1. The van der Waals surface area contributed by atoms with Gasteiger partial charge in [-0.1, -0.05) is 29.3 Å². The van der Waals surface area contributed by atoms with Crippen molar-refractivity contribution in [3.63, 3.8) is 0 Å². The summed E-state index contributed by atoms with van der Waals surface area (Å²) in [6.45, 7) is 2.26. The average molecular weight is 444 g/mol. The van der Waals surface area contributed by atoms with Gasteiger partial charge in [0.1, 0.15) is 12.0 Å². The summed E-state index contributed by atoms with van der Waals surface area (Å²) in [6, 6.07) is 5.34. The predicted octanol–water partition coefficient (Wildman–Crippen LogP) is 3.69. The molecule has 1 N–H and O–H groups in total. The van der Waals surface area contributed by atoms with Crippen LogP contribution < -0.4 is 5.32 Å².